The smallest absolute Gasteiger partial charge is 0.452 e. The Balaban J connectivity index is 1.65. The summed E-state index contributed by atoms with van der Waals surface area (Å²) >= 11 is 0. The molecule has 0 unspecified atom stereocenters. The molecule has 3 saturated carbocycles. The minimum atomic E-state index is -4.75. The summed E-state index contributed by atoms with van der Waals surface area (Å²) in [6, 6.07) is -0.685. The quantitative estimate of drug-likeness (QED) is 0.867. The van der Waals surface area contributed by atoms with Crippen molar-refractivity contribution in [2.75, 3.05) is 0 Å². The van der Waals surface area contributed by atoms with Crippen LogP contribution in [0.2, 0.25) is 0 Å². The Bertz CT molecular complexity index is 608. The number of nitrogens with one attached hydrogen (secondary N) is 1. The van der Waals surface area contributed by atoms with Crippen molar-refractivity contribution in [3.8, 4) is 0 Å². The minimum absolute atomic E-state index is 0.0258. The number of carboxylic acids is 1. The Morgan fingerprint density at radius 1 is 1.45 bits per heavy atom. The third kappa shape index (κ3) is 2.55. The maximum absolute atomic E-state index is 12.4. The van der Waals surface area contributed by atoms with Gasteiger partial charge in [0.05, 0.1) is 0 Å². The number of hydrogen-bond acceptors (Lipinski definition) is 4. The molecular formula is C13H13F3N2O4. The van der Waals surface area contributed by atoms with E-state index in [-0.39, 0.29) is 11.8 Å². The fraction of sp³-hybridized carbons (Fsp3) is 0.615. The predicted octanol–water partition coefficient (Wildman–Crippen LogP) is 2.07. The third-order valence-electron chi connectivity index (χ3n) is 4.43. The molecule has 1 aromatic heterocycles. The highest BCUT2D eigenvalue weighted by Gasteiger charge is 2.57. The number of carbonyl (C=O) groups is 2. The number of nitrogens with zero attached hydrogens (tertiary/aromatic N) is 1. The van der Waals surface area contributed by atoms with Crippen molar-refractivity contribution in [2.45, 2.75) is 37.9 Å². The Hall–Kier alpha value is -2.06. The van der Waals surface area contributed by atoms with Gasteiger partial charge in [-0.3, -0.25) is 4.79 Å². The molecule has 1 aromatic rings. The Morgan fingerprint density at radius 3 is 2.50 bits per heavy atom. The van der Waals surface area contributed by atoms with Crippen LogP contribution in [-0.4, -0.2) is 28.2 Å². The van der Waals surface area contributed by atoms with E-state index in [9.17, 15) is 22.8 Å². The number of aromatic nitrogens is 1. The van der Waals surface area contributed by atoms with Gasteiger partial charge in [-0.15, -0.1) is 0 Å². The molecule has 1 amide bonds. The van der Waals surface area contributed by atoms with Gasteiger partial charge < -0.3 is 14.9 Å². The molecule has 1 atom stereocenters. The van der Waals surface area contributed by atoms with Gasteiger partial charge >= 0.3 is 12.1 Å². The Labute approximate surface area is 122 Å². The molecule has 3 aliphatic rings. The van der Waals surface area contributed by atoms with Gasteiger partial charge in [-0.1, -0.05) is 5.16 Å². The number of aliphatic carboxylic acids is 1. The number of rotatable bonds is 5. The SMILES string of the molecule is O=C(N[C@@H](CC12CC(C1)C2)C(=O)O)c1cc(C(F)(F)F)on1. The lowest BCUT2D eigenvalue weighted by atomic mass is 9.43. The second-order valence-electron chi connectivity index (χ2n) is 6.12. The minimum Gasteiger partial charge on any atom is -0.480 e. The van der Waals surface area contributed by atoms with Crippen LogP contribution >= 0.6 is 0 Å². The molecule has 9 heteroatoms. The second-order valence-corrected chi connectivity index (χ2v) is 6.12. The fourth-order valence-corrected chi connectivity index (χ4v) is 3.29. The monoisotopic (exact) mass is 318 g/mol. The van der Waals surface area contributed by atoms with Crippen LogP contribution in [0.3, 0.4) is 0 Å². The van der Waals surface area contributed by atoms with Gasteiger partial charge in [-0.05, 0) is 37.0 Å². The van der Waals surface area contributed by atoms with Crippen LogP contribution in [0.5, 0.6) is 0 Å². The van der Waals surface area contributed by atoms with E-state index in [1.165, 1.54) is 0 Å². The summed E-state index contributed by atoms with van der Waals surface area (Å²) in [5.74, 6) is -2.94. The van der Waals surface area contributed by atoms with Crippen molar-refractivity contribution in [2.24, 2.45) is 11.3 Å². The highest BCUT2D eigenvalue weighted by Crippen LogP contribution is 2.66. The summed E-state index contributed by atoms with van der Waals surface area (Å²) in [5, 5.41) is 14.4. The molecule has 2 N–H and O–H groups in total. The van der Waals surface area contributed by atoms with Crippen LogP contribution in [0, 0.1) is 11.3 Å². The van der Waals surface area contributed by atoms with Crippen LogP contribution in [0.1, 0.15) is 41.9 Å². The van der Waals surface area contributed by atoms with Crippen LogP contribution < -0.4 is 5.32 Å². The molecule has 0 radical (unpaired) electrons. The van der Waals surface area contributed by atoms with Crippen LogP contribution in [0.4, 0.5) is 13.2 Å². The first-order valence-corrected chi connectivity index (χ1v) is 6.76. The largest absolute Gasteiger partial charge is 0.480 e. The van der Waals surface area contributed by atoms with Crippen molar-refractivity contribution >= 4 is 11.9 Å². The van der Waals surface area contributed by atoms with E-state index < -0.39 is 35.5 Å². The van der Waals surface area contributed by atoms with Crippen molar-refractivity contribution in [1.82, 2.24) is 10.5 Å². The lowest BCUT2D eigenvalue weighted by Crippen LogP contribution is -2.56. The maximum atomic E-state index is 12.4. The zero-order valence-electron chi connectivity index (χ0n) is 11.3. The van der Waals surface area contributed by atoms with Gasteiger partial charge in [-0.2, -0.15) is 13.2 Å². The van der Waals surface area contributed by atoms with Gasteiger partial charge in [0.2, 0.25) is 5.76 Å². The average Bonchev–Trinajstić information content (AvgIpc) is 2.78. The molecule has 1 heterocycles. The number of carbonyl (C=O) groups excluding carboxylic acids is 1. The number of alkyl halides is 3. The van der Waals surface area contributed by atoms with E-state index >= 15 is 0 Å². The first-order chi connectivity index (χ1) is 10.2. The summed E-state index contributed by atoms with van der Waals surface area (Å²) in [4.78, 5) is 23.1. The molecule has 0 aliphatic heterocycles. The average molecular weight is 318 g/mol. The van der Waals surface area contributed by atoms with Crippen LogP contribution in [-0.2, 0) is 11.0 Å². The number of hydrogen-bond donors (Lipinski definition) is 2. The molecule has 120 valence electrons. The Kier molecular flexibility index (Phi) is 3.19. The molecule has 0 saturated heterocycles. The molecule has 0 spiro atoms. The first kappa shape index (κ1) is 14.9. The van der Waals surface area contributed by atoms with Crippen molar-refractivity contribution in [1.29, 1.82) is 0 Å². The van der Waals surface area contributed by atoms with Gasteiger partial charge in [-0.25, -0.2) is 4.79 Å². The van der Waals surface area contributed by atoms with Crippen molar-refractivity contribution in [3.63, 3.8) is 0 Å². The summed E-state index contributed by atoms with van der Waals surface area (Å²) in [7, 11) is 0. The van der Waals surface area contributed by atoms with Crippen LogP contribution in [0.25, 0.3) is 0 Å². The molecular weight excluding hydrogens is 305 g/mol. The van der Waals surface area contributed by atoms with E-state index in [2.05, 4.69) is 15.0 Å². The lowest BCUT2D eigenvalue weighted by Gasteiger charge is -2.62. The maximum Gasteiger partial charge on any atom is 0.452 e. The fourth-order valence-electron chi connectivity index (χ4n) is 3.29. The zero-order valence-corrected chi connectivity index (χ0v) is 11.3. The van der Waals surface area contributed by atoms with E-state index in [0.29, 0.717) is 12.0 Å². The molecule has 2 bridgehead atoms. The topological polar surface area (TPSA) is 92.4 Å². The van der Waals surface area contributed by atoms with Crippen LogP contribution in [0.15, 0.2) is 10.6 Å². The summed E-state index contributed by atoms with van der Waals surface area (Å²) in [5.41, 5.74) is -0.613. The van der Waals surface area contributed by atoms with E-state index in [1.54, 1.807) is 0 Å². The summed E-state index contributed by atoms with van der Waals surface area (Å²) in [6.07, 6.45) is -1.60. The molecule has 4 rings (SSSR count). The summed E-state index contributed by atoms with van der Waals surface area (Å²) < 4.78 is 41.2. The van der Waals surface area contributed by atoms with E-state index in [0.717, 1.165) is 19.3 Å². The molecule has 6 nitrogen and oxygen atoms in total. The molecule has 3 fully saturated rings. The second kappa shape index (κ2) is 4.72. The molecule has 22 heavy (non-hydrogen) atoms. The Morgan fingerprint density at radius 2 is 2.09 bits per heavy atom. The number of amides is 1. The third-order valence-corrected chi connectivity index (χ3v) is 4.43. The molecule has 0 aromatic carbocycles. The normalized spacial score (nSPS) is 27.5. The van der Waals surface area contributed by atoms with Crippen molar-refractivity contribution < 1.29 is 32.4 Å². The number of carboxylic acid groups (broad SMARTS) is 1. The van der Waals surface area contributed by atoms with Gasteiger partial charge in [0.15, 0.2) is 5.69 Å². The summed E-state index contributed by atoms with van der Waals surface area (Å²) in [6.45, 7) is 0. The number of halogens is 3. The van der Waals surface area contributed by atoms with E-state index in [1.807, 2.05) is 0 Å². The highest BCUT2D eigenvalue weighted by atomic mass is 19.4. The van der Waals surface area contributed by atoms with Crippen molar-refractivity contribution in [3.05, 3.63) is 17.5 Å². The first-order valence-electron chi connectivity index (χ1n) is 6.76. The van der Waals surface area contributed by atoms with Gasteiger partial charge in [0, 0.05) is 6.07 Å². The van der Waals surface area contributed by atoms with E-state index in [4.69, 9.17) is 5.11 Å². The van der Waals surface area contributed by atoms with Gasteiger partial charge in [0.1, 0.15) is 6.04 Å². The molecule has 3 aliphatic carbocycles. The lowest BCUT2D eigenvalue weighted by molar-refractivity contribution is -0.155. The predicted molar refractivity (Wildman–Crippen MR) is 64.8 cm³/mol. The van der Waals surface area contributed by atoms with Gasteiger partial charge in [0.25, 0.3) is 5.91 Å². The highest BCUT2D eigenvalue weighted by molar-refractivity contribution is 5.94. The standard InChI is InChI=1S/C13H13F3N2O4/c14-13(15,16)9-1-7(18-22-9)10(19)17-8(11(20)21)5-12-2-6(3-12)4-12/h1,6,8H,2-5H2,(H,17,19)(H,20,21)/t6?,8-,12?/m0/s1. The zero-order chi connectivity index (χ0) is 16.1.